The van der Waals surface area contributed by atoms with E-state index >= 15 is 0 Å². The van der Waals surface area contributed by atoms with Gasteiger partial charge in [-0.15, -0.1) is 0 Å². The van der Waals surface area contributed by atoms with Gasteiger partial charge in [0.1, 0.15) is 0 Å². The summed E-state index contributed by atoms with van der Waals surface area (Å²) in [6, 6.07) is 0. The highest BCUT2D eigenvalue weighted by molar-refractivity contribution is 4.65. The summed E-state index contributed by atoms with van der Waals surface area (Å²) < 4.78 is 10.6. The molecule has 0 aromatic carbocycles. The van der Waals surface area contributed by atoms with Gasteiger partial charge in [-0.05, 0) is 38.1 Å². The lowest BCUT2D eigenvalue weighted by Crippen LogP contribution is -2.24. The molecule has 1 fully saturated rings. The zero-order chi connectivity index (χ0) is 12.3. The van der Waals surface area contributed by atoms with Crippen LogP contribution in [0.2, 0.25) is 0 Å². The van der Waals surface area contributed by atoms with Gasteiger partial charge < -0.3 is 14.8 Å². The van der Waals surface area contributed by atoms with E-state index in [-0.39, 0.29) is 0 Å². The molecule has 0 bridgehead atoms. The summed E-state index contributed by atoms with van der Waals surface area (Å²) in [5, 5.41) is 3.42. The molecular weight excluding hydrogens is 214 g/mol. The highest BCUT2D eigenvalue weighted by Gasteiger charge is 2.14. The highest BCUT2D eigenvalue weighted by atomic mass is 16.5. The molecule has 0 aliphatic carbocycles. The predicted octanol–water partition coefficient (Wildman–Crippen LogP) is 2.60. The minimum atomic E-state index is 0.574. The molecule has 1 N–H and O–H groups in total. The monoisotopic (exact) mass is 243 g/mol. The van der Waals surface area contributed by atoms with Crippen LogP contribution in [-0.4, -0.2) is 39.5 Å². The zero-order valence-electron chi connectivity index (χ0n) is 11.5. The normalized spacial score (nSPS) is 21.9. The molecule has 0 spiro atoms. The Morgan fingerprint density at radius 2 is 2.29 bits per heavy atom. The van der Waals surface area contributed by atoms with Crippen molar-refractivity contribution >= 4 is 0 Å². The lowest BCUT2D eigenvalue weighted by atomic mass is 10.0. The average molecular weight is 243 g/mol. The first-order valence-corrected chi connectivity index (χ1v) is 7.14. The molecule has 1 heterocycles. The summed E-state index contributed by atoms with van der Waals surface area (Å²) in [6.45, 7) is 6.21. The van der Waals surface area contributed by atoms with Crippen LogP contribution >= 0.6 is 0 Å². The molecule has 0 radical (unpaired) electrons. The Kier molecular flexibility index (Phi) is 8.67. The third-order valence-corrected chi connectivity index (χ3v) is 3.47. The van der Waals surface area contributed by atoms with Crippen LogP contribution in [0.5, 0.6) is 0 Å². The van der Waals surface area contributed by atoms with Gasteiger partial charge in [0.15, 0.2) is 0 Å². The quantitative estimate of drug-likeness (QED) is 0.598. The van der Waals surface area contributed by atoms with E-state index in [9.17, 15) is 0 Å². The van der Waals surface area contributed by atoms with Gasteiger partial charge >= 0.3 is 0 Å². The highest BCUT2D eigenvalue weighted by Crippen LogP contribution is 2.19. The van der Waals surface area contributed by atoms with Crippen LogP contribution in [0.1, 0.15) is 45.4 Å². The van der Waals surface area contributed by atoms with Gasteiger partial charge in [-0.25, -0.2) is 0 Å². The molecule has 1 rings (SSSR count). The van der Waals surface area contributed by atoms with Crippen molar-refractivity contribution < 1.29 is 9.47 Å². The Morgan fingerprint density at radius 1 is 1.41 bits per heavy atom. The van der Waals surface area contributed by atoms with Crippen molar-refractivity contribution in [1.82, 2.24) is 5.32 Å². The molecule has 102 valence electrons. The van der Waals surface area contributed by atoms with Gasteiger partial charge in [-0.1, -0.05) is 19.8 Å². The lowest BCUT2D eigenvalue weighted by molar-refractivity contribution is 0.101. The fraction of sp³-hybridized carbons (Fsp3) is 1.00. The van der Waals surface area contributed by atoms with E-state index in [0.717, 1.165) is 32.2 Å². The van der Waals surface area contributed by atoms with Crippen LogP contribution in [0.4, 0.5) is 0 Å². The number of methoxy groups -OCH3 is 1. The molecule has 0 saturated carbocycles. The van der Waals surface area contributed by atoms with Gasteiger partial charge in [0.05, 0.1) is 12.7 Å². The first-order valence-electron chi connectivity index (χ1n) is 7.14. The number of unbranched alkanes of at least 4 members (excludes halogenated alkanes) is 1. The van der Waals surface area contributed by atoms with Gasteiger partial charge in [-0.3, -0.25) is 0 Å². The van der Waals surface area contributed by atoms with Crippen LogP contribution in [0.15, 0.2) is 0 Å². The molecular formula is C14H29NO2. The fourth-order valence-corrected chi connectivity index (χ4v) is 2.36. The number of hydrogen-bond donors (Lipinski definition) is 1. The van der Waals surface area contributed by atoms with E-state index in [1.165, 1.54) is 38.5 Å². The molecule has 2 unspecified atom stereocenters. The summed E-state index contributed by atoms with van der Waals surface area (Å²) in [5.41, 5.74) is 0. The van der Waals surface area contributed by atoms with Crippen molar-refractivity contribution in [3.05, 3.63) is 0 Å². The van der Waals surface area contributed by atoms with Crippen LogP contribution in [-0.2, 0) is 9.47 Å². The Balaban J connectivity index is 1.84. The maximum Gasteiger partial charge on any atom is 0.0587 e. The van der Waals surface area contributed by atoms with Crippen molar-refractivity contribution in [1.29, 1.82) is 0 Å². The molecule has 1 saturated heterocycles. The third-order valence-electron chi connectivity index (χ3n) is 3.47. The molecule has 2 atom stereocenters. The van der Waals surface area contributed by atoms with Crippen molar-refractivity contribution in [3.63, 3.8) is 0 Å². The molecule has 0 aromatic heterocycles. The third kappa shape index (κ3) is 7.74. The van der Waals surface area contributed by atoms with Crippen molar-refractivity contribution in [2.75, 3.05) is 33.4 Å². The number of nitrogens with one attached hydrogen (secondary N) is 1. The first kappa shape index (κ1) is 14.9. The Morgan fingerprint density at radius 3 is 3.00 bits per heavy atom. The Hall–Kier alpha value is -0.120. The summed E-state index contributed by atoms with van der Waals surface area (Å²) in [7, 11) is 1.75. The van der Waals surface area contributed by atoms with Gasteiger partial charge in [0.2, 0.25) is 0 Å². The predicted molar refractivity (Wildman–Crippen MR) is 71.4 cm³/mol. The van der Waals surface area contributed by atoms with Gasteiger partial charge in [0, 0.05) is 20.3 Å². The Labute approximate surface area is 106 Å². The van der Waals surface area contributed by atoms with E-state index in [0.29, 0.717) is 6.10 Å². The first-order chi connectivity index (χ1) is 8.33. The molecule has 17 heavy (non-hydrogen) atoms. The molecule has 0 amide bonds. The standard InChI is InChI=1S/C14H29NO2/c1-13(12-15-9-11-16-2)6-3-4-7-14-8-5-10-17-14/h13-15H,3-12H2,1-2H3. The smallest absolute Gasteiger partial charge is 0.0587 e. The second-order valence-corrected chi connectivity index (χ2v) is 5.22. The molecule has 0 aromatic rings. The van der Waals surface area contributed by atoms with E-state index < -0.39 is 0 Å². The summed E-state index contributed by atoms with van der Waals surface area (Å²) in [4.78, 5) is 0. The van der Waals surface area contributed by atoms with Crippen LogP contribution in [0, 0.1) is 5.92 Å². The average Bonchev–Trinajstić information content (AvgIpc) is 2.83. The minimum Gasteiger partial charge on any atom is -0.383 e. The van der Waals surface area contributed by atoms with E-state index in [1.54, 1.807) is 7.11 Å². The van der Waals surface area contributed by atoms with E-state index in [2.05, 4.69) is 12.2 Å². The molecule has 1 aliphatic rings. The SMILES string of the molecule is COCCNCC(C)CCCCC1CCCO1. The van der Waals surface area contributed by atoms with Crippen LogP contribution < -0.4 is 5.32 Å². The summed E-state index contributed by atoms with van der Waals surface area (Å²) in [6.07, 6.45) is 8.39. The maximum absolute atomic E-state index is 5.63. The minimum absolute atomic E-state index is 0.574. The second-order valence-electron chi connectivity index (χ2n) is 5.22. The number of rotatable bonds is 10. The molecule has 3 nitrogen and oxygen atoms in total. The van der Waals surface area contributed by atoms with Gasteiger partial charge in [0.25, 0.3) is 0 Å². The van der Waals surface area contributed by atoms with E-state index in [1.807, 2.05) is 0 Å². The Bertz CT molecular complexity index is 170. The zero-order valence-corrected chi connectivity index (χ0v) is 11.5. The number of ether oxygens (including phenoxy) is 2. The van der Waals surface area contributed by atoms with Crippen molar-refractivity contribution in [2.24, 2.45) is 5.92 Å². The summed E-state index contributed by atoms with van der Waals surface area (Å²) in [5.74, 6) is 0.774. The molecule has 1 aliphatic heterocycles. The van der Waals surface area contributed by atoms with Crippen molar-refractivity contribution in [3.8, 4) is 0 Å². The van der Waals surface area contributed by atoms with Gasteiger partial charge in [-0.2, -0.15) is 0 Å². The van der Waals surface area contributed by atoms with Crippen molar-refractivity contribution in [2.45, 2.75) is 51.6 Å². The fourth-order valence-electron chi connectivity index (χ4n) is 2.36. The number of hydrogen-bond acceptors (Lipinski definition) is 3. The topological polar surface area (TPSA) is 30.5 Å². The molecule has 3 heteroatoms. The second kappa shape index (κ2) is 9.86. The van der Waals surface area contributed by atoms with Crippen LogP contribution in [0.25, 0.3) is 0 Å². The lowest BCUT2D eigenvalue weighted by Gasteiger charge is -2.13. The van der Waals surface area contributed by atoms with Crippen LogP contribution in [0.3, 0.4) is 0 Å². The van der Waals surface area contributed by atoms with E-state index in [4.69, 9.17) is 9.47 Å². The largest absolute Gasteiger partial charge is 0.383 e. The summed E-state index contributed by atoms with van der Waals surface area (Å²) >= 11 is 0. The maximum atomic E-state index is 5.63.